The Morgan fingerprint density at radius 1 is 1.04 bits per heavy atom. The van der Waals surface area contributed by atoms with Crippen molar-refractivity contribution in [2.24, 2.45) is 5.92 Å². The van der Waals surface area contributed by atoms with Crippen LogP contribution in [0.3, 0.4) is 0 Å². The molecule has 1 atom stereocenters. The maximum atomic E-state index is 12.6. The van der Waals surface area contributed by atoms with E-state index in [1.54, 1.807) is 12.1 Å². The van der Waals surface area contributed by atoms with E-state index in [1.165, 1.54) is 11.3 Å². The van der Waals surface area contributed by atoms with Crippen LogP contribution in [0.15, 0.2) is 30.3 Å². The second-order valence-corrected chi connectivity index (χ2v) is 7.64. The number of nitrogens with zero attached hydrogens (tertiary/aromatic N) is 2. The lowest BCUT2D eigenvalue weighted by molar-refractivity contribution is -0.118. The molecule has 0 aliphatic heterocycles. The Kier molecular flexibility index (Phi) is 7.72. The molecule has 1 heterocycles. The Balaban J connectivity index is 1.99. The van der Waals surface area contributed by atoms with Crippen LogP contribution in [-0.2, 0) is 4.79 Å². The monoisotopic (exact) mass is 389 g/mol. The third-order valence-electron chi connectivity index (χ3n) is 4.27. The number of urea groups is 1. The molecule has 0 fully saturated rings. The number of carbonyl (C=O) groups excluding carboxylic acids is 2. The molecule has 7 nitrogen and oxygen atoms in total. The van der Waals surface area contributed by atoms with Crippen LogP contribution in [0.2, 0.25) is 0 Å². The number of carbonyl (C=O) groups is 2. The molecule has 0 saturated carbocycles. The molecule has 1 unspecified atom stereocenters. The van der Waals surface area contributed by atoms with E-state index in [0.717, 1.165) is 17.8 Å². The molecule has 2 aromatic rings. The zero-order valence-corrected chi connectivity index (χ0v) is 17.0. The maximum Gasteiger partial charge on any atom is 0.319 e. The van der Waals surface area contributed by atoms with Gasteiger partial charge in [-0.05, 0) is 30.9 Å². The predicted molar refractivity (Wildman–Crippen MR) is 109 cm³/mol. The maximum absolute atomic E-state index is 12.6. The number of aromatic nitrogens is 2. The molecule has 0 aliphatic rings. The van der Waals surface area contributed by atoms with Crippen molar-refractivity contribution in [1.82, 2.24) is 15.5 Å². The first kappa shape index (κ1) is 20.8. The normalized spacial score (nSPS) is 12.1. The zero-order valence-electron chi connectivity index (χ0n) is 16.2. The van der Waals surface area contributed by atoms with Crippen LogP contribution in [0, 0.1) is 5.92 Å². The summed E-state index contributed by atoms with van der Waals surface area (Å²) in [4.78, 5) is 24.9. The Morgan fingerprint density at radius 2 is 1.70 bits per heavy atom. The Morgan fingerprint density at radius 3 is 2.30 bits per heavy atom. The van der Waals surface area contributed by atoms with E-state index >= 15 is 0 Å². The predicted octanol–water partition coefficient (Wildman–Crippen LogP) is 4.23. The van der Waals surface area contributed by atoms with Gasteiger partial charge in [0.2, 0.25) is 11.0 Å². The van der Waals surface area contributed by atoms with Crippen molar-refractivity contribution in [3.8, 4) is 0 Å². The van der Waals surface area contributed by atoms with E-state index in [0.29, 0.717) is 16.7 Å². The summed E-state index contributed by atoms with van der Waals surface area (Å²) in [5, 5.41) is 17.9. The number of hydrogen-bond acceptors (Lipinski definition) is 5. The number of para-hydroxylation sites is 1. The van der Waals surface area contributed by atoms with Crippen LogP contribution in [0.25, 0.3) is 0 Å². The standard InChI is InChI=1S/C19H27N5O2S/c1-5-13(6-2)17-23-24-19(27-17)22-16(25)15(12(3)4)21-18(26)20-14-10-8-7-9-11-14/h7-13,15H,5-6H2,1-4H3,(H2,20,21,26)(H,22,24,25). The first-order valence-electron chi connectivity index (χ1n) is 9.21. The summed E-state index contributed by atoms with van der Waals surface area (Å²) in [6.45, 7) is 7.97. The number of nitrogens with one attached hydrogen (secondary N) is 3. The van der Waals surface area contributed by atoms with Crippen molar-refractivity contribution in [2.75, 3.05) is 10.6 Å². The average molecular weight is 390 g/mol. The molecule has 27 heavy (non-hydrogen) atoms. The van der Waals surface area contributed by atoms with Gasteiger partial charge in [0.05, 0.1) is 0 Å². The highest BCUT2D eigenvalue weighted by molar-refractivity contribution is 7.15. The van der Waals surface area contributed by atoms with E-state index in [-0.39, 0.29) is 11.8 Å². The van der Waals surface area contributed by atoms with E-state index in [9.17, 15) is 9.59 Å². The number of amides is 3. The fraction of sp³-hybridized carbons (Fsp3) is 0.474. The van der Waals surface area contributed by atoms with E-state index in [2.05, 4.69) is 40.0 Å². The summed E-state index contributed by atoms with van der Waals surface area (Å²) in [6.07, 6.45) is 1.96. The minimum Gasteiger partial charge on any atom is -0.326 e. The molecule has 1 aromatic carbocycles. The Hall–Kier alpha value is -2.48. The van der Waals surface area contributed by atoms with Crippen LogP contribution in [-0.4, -0.2) is 28.2 Å². The lowest BCUT2D eigenvalue weighted by Crippen LogP contribution is -2.48. The molecular formula is C19H27N5O2S. The van der Waals surface area contributed by atoms with Crippen molar-refractivity contribution in [1.29, 1.82) is 0 Å². The van der Waals surface area contributed by atoms with Crippen molar-refractivity contribution in [2.45, 2.75) is 52.5 Å². The van der Waals surface area contributed by atoms with Crippen molar-refractivity contribution in [3.63, 3.8) is 0 Å². The van der Waals surface area contributed by atoms with Crippen LogP contribution in [0.5, 0.6) is 0 Å². The summed E-state index contributed by atoms with van der Waals surface area (Å²) < 4.78 is 0. The molecule has 2 rings (SSSR count). The quantitative estimate of drug-likeness (QED) is 0.629. The molecule has 146 valence electrons. The fourth-order valence-electron chi connectivity index (χ4n) is 2.64. The van der Waals surface area contributed by atoms with Gasteiger partial charge in [-0.1, -0.05) is 57.2 Å². The molecule has 0 aliphatic carbocycles. The van der Waals surface area contributed by atoms with Gasteiger partial charge in [-0.3, -0.25) is 10.1 Å². The SMILES string of the molecule is CCC(CC)c1nnc(NC(=O)C(NC(=O)Nc2ccccc2)C(C)C)s1. The van der Waals surface area contributed by atoms with Crippen molar-refractivity contribution >= 4 is 34.1 Å². The molecular weight excluding hydrogens is 362 g/mol. The summed E-state index contributed by atoms with van der Waals surface area (Å²) >= 11 is 1.39. The fourth-order valence-corrected chi connectivity index (χ4v) is 3.65. The van der Waals surface area contributed by atoms with Gasteiger partial charge in [0.1, 0.15) is 11.0 Å². The van der Waals surface area contributed by atoms with Crippen LogP contribution >= 0.6 is 11.3 Å². The third kappa shape index (κ3) is 6.02. The Bertz CT molecular complexity index is 744. The average Bonchev–Trinajstić information content (AvgIpc) is 3.09. The van der Waals surface area contributed by atoms with E-state index in [1.807, 2.05) is 32.0 Å². The number of hydrogen-bond donors (Lipinski definition) is 3. The first-order chi connectivity index (χ1) is 12.9. The highest BCUT2D eigenvalue weighted by atomic mass is 32.1. The van der Waals surface area contributed by atoms with Crippen LogP contribution in [0.4, 0.5) is 15.6 Å². The van der Waals surface area contributed by atoms with Gasteiger partial charge in [-0.25, -0.2) is 4.79 Å². The summed E-state index contributed by atoms with van der Waals surface area (Å²) in [5.74, 6) is -0.0396. The molecule has 0 spiro atoms. The zero-order chi connectivity index (χ0) is 19.8. The second-order valence-electron chi connectivity index (χ2n) is 6.63. The topological polar surface area (TPSA) is 96.0 Å². The van der Waals surface area contributed by atoms with Gasteiger partial charge in [0.25, 0.3) is 0 Å². The van der Waals surface area contributed by atoms with Crippen LogP contribution < -0.4 is 16.0 Å². The first-order valence-corrected chi connectivity index (χ1v) is 10.0. The van der Waals surface area contributed by atoms with Crippen LogP contribution in [0.1, 0.15) is 51.5 Å². The molecule has 0 saturated heterocycles. The second kappa shape index (κ2) is 10.0. The number of rotatable bonds is 8. The molecule has 3 amide bonds. The molecule has 8 heteroatoms. The highest BCUT2D eigenvalue weighted by Gasteiger charge is 2.25. The largest absolute Gasteiger partial charge is 0.326 e. The minimum absolute atomic E-state index is 0.0852. The molecule has 0 bridgehead atoms. The van der Waals surface area contributed by atoms with Crippen molar-refractivity contribution < 1.29 is 9.59 Å². The minimum atomic E-state index is -0.686. The lowest BCUT2D eigenvalue weighted by Gasteiger charge is -2.21. The lowest BCUT2D eigenvalue weighted by atomic mass is 10.0. The van der Waals surface area contributed by atoms with Gasteiger partial charge in [-0.15, -0.1) is 10.2 Å². The molecule has 1 aromatic heterocycles. The van der Waals surface area contributed by atoms with Gasteiger partial charge in [0.15, 0.2) is 0 Å². The highest BCUT2D eigenvalue weighted by Crippen LogP contribution is 2.28. The number of benzene rings is 1. The van der Waals surface area contributed by atoms with Gasteiger partial charge in [-0.2, -0.15) is 0 Å². The summed E-state index contributed by atoms with van der Waals surface area (Å²) in [6, 6.07) is 7.98. The van der Waals surface area contributed by atoms with Gasteiger partial charge < -0.3 is 10.6 Å². The van der Waals surface area contributed by atoms with Crippen molar-refractivity contribution in [3.05, 3.63) is 35.3 Å². The molecule has 0 radical (unpaired) electrons. The molecule has 3 N–H and O–H groups in total. The van der Waals surface area contributed by atoms with E-state index < -0.39 is 12.1 Å². The van der Waals surface area contributed by atoms with Gasteiger partial charge >= 0.3 is 6.03 Å². The smallest absolute Gasteiger partial charge is 0.319 e. The Labute approximate surface area is 164 Å². The van der Waals surface area contributed by atoms with E-state index in [4.69, 9.17) is 0 Å². The third-order valence-corrected chi connectivity index (χ3v) is 5.27. The number of anilines is 2. The summed E-state index contributed by atoms with van der Waals surface area (Å²) in [5.41, 5.74) is 0.664. The summed E-state index contributed by atoms with van der Waals surface area (Å²) in [7, 11) is 0. The van der Waals surface area contributed by atoms with Gasteiger partial charge in [0, 0.05) is 11.6 Å².